The number of thioether (sulfide) groups is 1. The van der Waals surface area contributed by atoms with Gasteiger partial charge in [-0.25, -0.2) is 4.68 Å². The van der Waals surface area contributed by atoms with Crippen LogP contribution in [0.3, 0.4) is 0 Å². The second-order valence-corrected chi connectivity index (χ2v) is 10.6. The van der Waals surface area contributed by atoms with Crippen LogP contribution in [-0.2, 0) is 16.6 Å². The number of rotatable bonds is 8. The number of amides is 2. The quantitative estimate of drug-likeness (QED) is 0.278. The van der Waals surface area contributed by atoms with Crippen LogP contribution in [0.25, 0.3) is 5.69 Å². The summed E-state index contributed by atoms with van der Waals surface area (Å²) in [7, 11) is 1.78. The van der Waals surface area contributed by atoms with Gasteiger partial charge in [0.05, 0.1) is 16.6 Å². The molecule has 34 heavy (non-hydrogen) atoms. The first-order valence-electron chi connectivity index (χ1n) is 10.9. The number of hydrogen-bond acceptors (Lipinski definition) is 7. The lowest BCUT2D eigenvalue weighted by atomic mass is 10.1. The zero-order valence-corrected chi connectivity index (χ0v) is 20.8. The molecule has 0 aliphatic heterocycles. The Kier molecular flexibility index (Phi) is 7.32. The van der Waals surface area contributed by atoms with Crippen molar-refractivity contribution in [3.05, 3.63) is 58.5 Å². The lowest BCUT2D eigenvalue weighted by Crippen LogP contribution is -2.27. The number of allylic oxidation sites excluding steroid dienone is 2. The molecule has 0 bridgehead atoms. The van der Waals surface area contributed by atoms with Crippen molar-refractivity contribution in [2.75, 3.05) is 10.6 Å². The van der Waals surface area contributed by atoms with E-state index in [0.717, 1.165) is 12.8 Å². The van der Waals surface area contributed by atoms with Crippen LogP contribution in [0, 0.1) is 12.8 Å². The maximum Gasteiger partial charge on any atom is 0.295 e. The third-order valence-electron chi connectivity index (χ3n) is 5.66. The molecule has 2 N–H and O–H groups in total. The third kappa shape index (κ3) is 5.31. The molecule has 2 atom stereocenters. The summed E-state index contributed by atoms with van der Waals surface area (Å²) in [4.78, 5) is 38.1. The van der Waals surface area contributed by atoms with Crippen LogP contribution in [-0.4, -0.2) is 36.6 Å². The number of aromatic nitrogens is 4. The summed E-state index contributed by atoms with van der Waals surface area (Å²) in [6, 6.07) is 9.25. The smallest absolute Gasteiger partial charge is 0.295 e. The maximum atomic E-state index is 13.0. The van der Waals surface area contributed by atoms with Gasteiger partial charge in [-0.05, 0) is 44.7 Å². The van der Waals surface area contributed by atoms with E-state index in [1.807, 2.05) is 30.3 Å². The van der Waals surface area contributed by atoms with E-state index in [1.165, 1.54) is 27.8 Å². The topological polar surface area (TPSA) is 111 Å². The average Bonchev–Trinajstić information content (AvgIpc) is 3.53. The first-order chi connectivity index (χ1) is 16.3. The average molecular weight is 499 g/mol. The molecule has 1 aliphatic rings. The summed E-state index contributed by atoms with van der Waals surface area (Å²) in [5.41, 5.74) is 1.32. The van der Waals surface area contributed by atoms with Crippen molar-refractivity contribution >= 4 is 45.7 Å². The van der Waals surface area contributed by atoms with E-state index in [0.29, 0.717) is 27.3 Å². The SMILES string of the molecule is Cc1c(NC(=O)[C@@H](C)Sc2nnc(NC(=O)C[C@H]3C=CCC3)s2)c(=O)n(-c2ccccc2)n1C. The molecule has 178 valence electrons. The fourth-order valence-electron chi connectivity index (χ4n) is 3.72. The zero-order valence-electron chi connectivity index (χ0n) is 19.1. The van der Waals surface area contributed by atoms with Gasteiger partial charge in [-0.3, -0.25) is 19.1 Å². The van der Waals surface area contributed by atoms with Gasteiger partial charge >= 0.3 is 0 Å². The molecule has 2 aromatic heterocycles. The Hall–Kier alpha value is -3.18. The van der Waals surface area contributed by atoms with Crippen molar-refractivity contribution < 1.29 is 9.59 Å². The number of carbonyl (C=O) groups excluding carboxylic acids is 2. The van der Waals surface area contributed by atoms with Crippen LogP contribution in [0.5, 0.6) is 0 Å². The van der Waals surface area contributed by atoms with Crippen LogP contribution in [0.15, 0.2) is 51.6 Å². The lowest BCUT2D eigenvalue weighted by molar-refractivity contribution is -0.117. The predicted molar refractivity (Wildman–Crippen MR) is 135 cm³/mol. The molecule has 0 saturated carbocycles. The fourth-order valence-corrected chi connectivity index (χ4v) is 5.64. The van der Waals surface area contributed by atoms with Gasteiger partial charge in [0.25, 0.3) is 5.56 Å². The fraction of sp³-hybridized carbons (Fsp3) is 0.348. The van der Waals surface area contributed by atoms with Crippen molar-refractivity contribution in [2.24, 2.45) is 13.0 Å². The highest BCUT2D eigenvalue weighted by molar-refractivity contribution is 8.02. The van der Waals surface area contributed by atoms with Gasteiger partial charge in [0.15, 0.2) is 4.34 Å². The number of para-hydroxylation sites is 1. The molecule has 11 heteroatoms. The van der Waals surface area contributed by atoms with E-state index in [-0.39, 0.29) is 29.0 Å². The molecule has 4 rings (SSSR count). The first kappa shape index (κ1) is 24.0. The molecular weight excluding hydrogens is 472 g/mol. The second kappa shape index (κ2) is 10.4. The molecule has 1 aromatic carbocycles. The van der Waals surface area contributed by atoms with E-state index in [9.17, 15) is 14.4 Å². The number of nitrogens with one attached hydrogen (secondary N) is 2. The van der Waals surface area contributed by atoms with E-state index < -0.39 is 5.25 Å². The van der Waals surface area contributed by atoms with Gasteiger partial charge in [-0.15, -0.1) is 10.2 Å². The Labute approximate surface area is 205 Å². The highest BCUT2D eigenvalue weighted by Gasteiger charge is 2.23. The van der Waals surface area contributed by atoms with E-state index in [2.05, 4.69) is 33.0 Å². The molecule has 1 aliphatic carbocycles. The number of anilines is 2. The van der Waals surface area contributed by atoms with Crippen LogP contribution in [0.4, 0.5) is 10.8 Å². The van der Waals surface area contributed by atoms with Crippen LogP contribution in [0.1, 0.15) is 31.9 Å². The van der Waals surface area contributed by atoms with Crippen LogP contribution in [0.2, 0.25) is 0 Å². The number of carbonyl (C=O) groups is 2. The summed E-state index contributed by atoms with van der Waals surface area (Å²) in [6.45, 7) is 3.52. The standard InChI is InChI=1S/C23H26N6O3S2/c1-14-19(21(32)29(28(14)3)17-11-5-4-6-12-17)25-20(31)15(2)33-23-27-26-22(34-23)24-18(30)13-16-9-7-8-10-16/h4-7,9,11-12,15-16H,8,10,13H2,1-3H3,(H,25,31)(H,24,26,30)/t15-,16+/m1/s1. The normalized spacial score (nSPS) is 15.9. The van der Waals surface area contributed by atoms with E-state index in [1.54, 1.807) is 25.6 Å². The molecule has 0 spiro atoms. The molecular formula is C23H26N6O3S2. The maximum absolute atomic E-state index is 13.0. The highest BCUT2D eigenvalue weighted by Crippen LogP contribution is 2.30. The summed E-state index contributed by atoms with van der Waals surface area (Å²) >= 11 is 2.45. The number of nitrogens with zero attached hydrogens (tertiary/aromatic N) is 4. The van der Waals surface area contributed by atoms with Crippen molar-refractivity contribution in [1.82, 2.24) is 19.6 Å². The van der Waals surface area contributed by atoms with Crippen molar-refractivity contribution in [1.29, 1.82) is 0 Å². The molecule has 0 unspecified atom stereocenters. The summed E-state index contributed by atoms with van der Waals surface area (Å²) < 4.78 is 3.79. The van der Waals surface area contributed by atoms with Crippen molar-refractivity contribution in [3.8, 4) is 5.69 Å². The third-order valence-corrected chi connectivity index (χ3v) is 7.68. The molecule has 0 saturated heterocycles. The van der Waals surface area contributed by atoms with Crippen LogP contribution >= 0.6 is 23.1 Å². The van der Waals surface area contributed by atoms with Gasteiger partial charge < -0.3 is 10.6 Å². The van der Waals surface area contributed by atoms with Crippen molar-refractivity contribution in [2.45, 2.75) is 42.7 Å². The minimum Gasteiger partial charge on any atom is -0.319 e. The Morgan fingerprint density at radius 3 is 2.71 bits per heavy atom. The van der Waals surface area contributed by atoms with Gasteiger partial charge in [0, 0.05) is 13.5 Å². The van der Waals surface area contributed by atoms with Crippen molar-refractivity contribution in [3.63, 3.8) is 0 Å². The minimum atomic E-state index is -0.524. The lowest BCUT2D eigenvalue weighted by Gasteiger charge is -2.09. The van der Waals surface area contributed by atoms with E-state index >= 15 is 0 Å². The Morgan fingerprint density at radius 2 is 2.00 bits per heavy atom. The Balaban J connectivity index is 1.38. The molecule has 3 aromatic rings. The van der Waals surface area contributed by atoms with E-state index in [4.69, 9.17) is 0 Å². The molecule has 2 heterocycles. The summed E-state index contributed by atoms with van der Waals surface area (Å²) in [5.74, 6) is -0.132. The molecule has 0 radical (unpaired) electrons. The predicted octanol–water partition coefficient (Wildman–Crippen LogP) is 3.75. The minimum absolute atomic E-state index is 0.0933. The van der Waals surface area contributed by atoms with Crippen LogP contribution < -0.4 is 16.2 Å². The van der Waals surface area contributed by atoms with Gasteiger partial charge in [-0.1, -0.05) is 53.4 Å². The van der Waals surface area contributed by atoms with Gasteiger partial charge in [-0.2, -0.15) is 0 Å². The van der Waals surface area contributed by atoms with Gasteiger partial charge in [0.2, 0.25) is 16.9 Å². The zero-order chi connectivity index (χ0) is 24.2. The number of hydrogen-bond donors (Lipinski definition) is 2. The largest absolute Gasteiger partial charge is 0.319 e. The highest BCUT2D eigenvalue weighted by atomic mass is 32.2. The summed E-state index contributed by atoms with van der Waals surface area (Å²) in [5, 5.41) is 13.5. The molecule has 2 amide bonds. The number of benzene rings is 1. The Morgan fingerprint density at radius 1 is 1.24 bits per heavy atom. The second-order valence-electron chi connectivity index (χ2n) is 8.08. The van der Waals surface area contributed by atoms with Gasteiger partial charge in [0.1, 0.15) is 5.69 Å². The monoisotopic (exact) mass is 498 g/mol. The molecule has 0 fully saturated rings. The first-order valence-corrected chi connectivity index (χ1v) is 12.6. The molecule has 9 nitrogen and oxygen atoms in total. The Bertz CT molecular complexity index is 1280. The summed E-state index contributed by atoms with van der Waals surface area (Å²) in [6.07, 6.45) is 6.60.